The lowest BCUT2D eigenvalue weighted by molar-refractivity contribution is -0.117. The van der Waals surface area contributed by atoms with E-state index in [4.69, 9.17) is 21.4 Å². The maximum Gasteiger partial charge on any atom is 0.335 e. The van der Waals surface area contributed by atoms with Gasteiger partial charge in [0.25, 0.3) is 6.01 Å². The minimum Gasteiger partial charge on any atom is -0.478 e. The van der Waals surface area contributed by atoms with Crippen molar-refractivity contribution >= 4 is 28.7 Å². The normalized spacial score (nSPS) is 20.5. The van der Waals surface area contributed by atoms with Crippen LogP contribution in [0, 0.1) is 5.92 Å². The number of likely N-dealkylation sites (tertiary alicyclic amines) is 1. The molecule has 184 valence electrons. The lowest BCUT2D eigenvalue weighted by Gasteiger charge is -2.44. The number of pyridine rings is 1. The number of H-pyrrole nitrogens is 1. The number of aromatic carboxylic acids is 1. The van der Waals surface area contributed by atoms with Crippen molar-refractivity contribution in [3.05, 3.63) is 65.2 Å². The molecular formula is C27H25ClN4O4. The number of hydrogen-bond donors (Lipinski definition) is 3. The Balaban J connectivity index is 1.16. The molecule has 3 N–H and O–H groups in total. The Hall–Kier alpha value is -3.46. The van der Waals surface area contributed by atoms with Crippen LogP contribution in [0.2, 0.25) is 5.02 Å². The minimum absolute atomic E-state index is 0.0264. The van der Waals surface area contributed by atoms with Crippen LogP contribution in [-0.4, -0.2) is 61.5 Å². The molecule has 6 rings (SSSR count). The Labute approximate surface area is 212 Å². The number of imidazole rings is 1. The van der Waals surface area contributed by atoms with Crippen LogP contribution in [0.15, 0.2) is 54.6 Å². The van der Waals surface area contributed by atoms with Crippen molar-refractivity contribution in [3.8, 4) is 28.4 Å². The molecule has 2 aromatic heterocycles. The Kier molecular flexibility index (Phi) is 5.87. The van der Waals surface area contributed by atoms with Crippen LogP contribution < -0.4 is 4.74 Å². The van der Waals surface area contributed by atoms with E-state index in [1.54, 1.807) is 30.3 Å². The molecule has 3 heterocycles. The van der Waals surface area contributed by atoms with E-state index < -0.39 is 5.97 Å². The Morgan fingerprint density at radius 3 is 2.28 bits per heavy atom. The number of hydrogen-bond acceptors (Lipinski definition) is 6. The summed E-state index contributed by atoms with van der Waals surface area (Å²) in [7, 11) is 0. The molecule has 1 unspecified atom stereocenters. The van der Waals surface area contributed by atoms with Gasteiger partial charge in [-0.2, -0.15) is 4.98 Å². The summed E-state index contributed by atoms with van der Waals surface area (Å²) >= 11 is 6.56. The molecule has 0 bridgehead atoms. The van der Waals surface area contributed by atoms with Gasteiger partial charge >= 0.3 is 5.97 Å². The Morgan fingerprint density at radius 2 is 1.67 bits per heavy atom. The van der Waals surface area contributed by atoms with Crippen molar-refractivity contribution in [1.82, 2.24) is 19.9 Å². The first-order valence-corrected chi connectivity index (χ1v) is 12.4. The number of aromatic amines is 1. The number of nitrogens with one attached hydrogen (secondary N) is 1. The highest BCUT2D eigenvalue weighted by atomic mass is 35.5. The standard InChI is InChI=1S/C27H25ClN4O4/c28-21-14-22-24(31-27(29-22)36-20-12-19(13-20)25(33)32-10-1-11-32)30-23(21)17-6-2-15(3-7-17)16-4-8-18(9-5-16)26(34)35/h2-9,14,19-20,25,33H,1,10-13H2,(H,34,35)(H,29,30,31)/t19-,20+,25?. The fourth-order valence-corrected chi connectivity index (χ4v) is 5.05. The molecule has 8 nitrogen and oxygen atoms in total. The topological polar surface area (TPSA) is 112 Å². The predicted molar refractivity (Wildman–Crippen MR) is 136 cm³/mol. The summed E-state index contributed by atoms with van der Waals surface area (Å²) in [5.74, 6) is -0.699. The number of ether oxygens (including phenoxy) is 1. The molecule has 2 aromatic carbocycles. The molecule has 9 heteroatoms. The largest absolute Gasteiger partial charge is 0.478 e. The van der Waals surface area contributed by atoms with Gasteiger partial charge in [0.15, 0.2) is 5.65 Å². The van der Waals surface area contributed by atoms with Crippen LogP contribution in [0.4, 0.5) is 0 Å². The quantitative estimate of drug-likeness (QED) is 0.330. The molecular weight excluding hydrogens is 480 g/mol. The number of aromatic nitrogens is 3. The molecule has 1 atom stereocenters. The number of carboxylic acids is 1. The fourth-order valence-electron chi connectivity index (χ4n) is 4.79. The van der Waals surface area contributed by atoms with E-state index in [1.807, 2.05) is 24.3 Å². The molecule has 2 fully saturated rings. The van der Waals surface area contributed by atoms with E-state index in [0.29, 0.717) is 27.9 Å². The molecule has 36 heavy (non-hydrogen) atoms. The first kappa shape index (κ1) is 23.0. The Bertz CT molecular complexity index is 1410. The lowest BCUT2D eigenvalue weighted by atomic mass is 9.80. The summed E-state index contributed by atoms with van der Waals surface area (Å²) in [6.07, 6.45) is 2.43. The number of benzene rings is 2. The number of carbonyl (C=O) groups is 1. The Morgan fingerprint density at radius 1 is 1.03 bits per heavy atom. The number of rotatable bonds is 7. The second-order valence-electron chi connectivity index (χ2n) is 9.47. The van der Waals surface area contributed by atoms with E-state index in [1.165, 1.54) is 0 Å². The summed E-state index contributed by atoms with van der Waals surface area (Å²) in [5, 5.41) is 20.0. The second kappa shape index (κ2) is 9.20. The van der Waals surface area contributed by atoms with Crippen molar-refractivity contribution in [1.29, 1.82) is 0 Å². The first-order valence-electron chi connectivity index (χ1n) is 12.0. The van der Waals surface area contributed by atoms with Gasteiger partial charge in [-0.15, -0.1) is 0 Å². The van der Waals surface area contributed by atoms with E-state index in [0.717, 1.165) is 49.0 Å². The molecule has 1 aliphatic heterocycles. The van der Waals surface area contributed by atoms with Crippen LogP contribution in [0.25, 0.3) is 33.5 Å². The third-order valence-electron chi connectivity index (χ3n) is 7.12. The first-order chi connectivity index (χ1) is 17.4. The monoisotopic (exact) mass is 504 g/mol. The van der Waals surface area contributed by atoms with Gasteiger partial charge in [-0.3, -0.25) is 4.90 Å². The van der Waals surface area contributed by atoms with E-state index in [9.17, 15) is 9.90 Å². The maximum atomic E-state index is 11.1. The summed E-state index contributed by atoms with van der Waals surface area (Å²) in [6, 6.07) is 16.7. The minimum atomic E-state index is -0.947. The molecule has 0 amide bonds. The highest BCUT2D eigenvalue weighted by molar-refractivity contribution is 6.33. The summed E-state index contributed by atoms with van der Waals surface area (Å²) in [4.78, 5) is 25.5. The van der Waals surface area contributed by atoms with Gasteiger partial charge in [0.05, 0.1) is 21.8 Å². The number of halogens is 1. The zero-order valence-electron chi connectivity index (χ0n) is 19.4. The fraction of sp³-hybridized carbons (Fsp3) is 0.296. The van der Waals surface area contributed by atoms with Crippen LogP contribution in [-0.2, 0) is 0 Å². The number of fused-ring (bicyclic) bond motifs is 1. The number of carboxylic acid groups (broad SMARTS) is 1. The van der Waals surface area contributed by atoms with Crippen molar-refractivity contribution in [3.63, 3.8) is 0 Å². The third-order valence-corrected chi connectivity index (χ3v) is 7.41. The summed E-state index contributed by atoms with van der Waals surface area (Å²) in [5.41, 5.74) is 4.83. The number of aliphatic hydroxyl groups excluding tert-OH is 1. The zero-order valence-corrected chi connectivity index (χ0v) is 20.2. The van der Waals surface area contributed by atoms with Crippen LogP contribution >= 0.6 is 11.6 Å². The number of nitrogens with zero attached hydrogens (tertiary/aromatic N) is 3. The van der Waals surface area contributed by atoms with Gasteiger partial charge in [0, 0.05) is 24.6 Å². The second-order valence-corrected chi connectivity index (χ2v) is 9.87. The highest BCUT2D eigenvalue weighted by Gasteiger charge is 2.40. The van der Waals surface area contributed by atoms with Crippen molar-refractivity contribution < 1.29 is 19.7 Å². The van der Waals surface area contributed by atoms with Gasteiger partial charge < -0.3 is 19.9 Å². The average molecular weight is 505 g/mol. The maximum absolute atomic E-state index is 11.1. The van der Waals surface area contributed by atoms with Crippen molar-refractivity contribution in [2.24, 2.45) is 5.92 Å². The van der Waals surface area contributed by atoms with Crippen molar-refractivity contribution in [2.45, 2.75) is 31.6 Å². The molecule has 0 spiro atoms. The van der Waals surface area contributed by atoms with Gasteiger partial charge in [0.2, 0.25) is 0 Å². The molecule has 0 radical (unpaired) electrons. The van der Waals surface area contributed by atoms with Gasteiger partial charge in [-0.25, -0.2) is 9.78 Å². The van der Waals surface area contributed by atoms with Gasteiger partial charge in [0.1, 0.15) is 12.3 Å². The van der Waals surface area contributed by atoms with Crippen LogP contribution in [0.1, 0.15) is 29.6 Å². The van der Waals surface area contributed by atoms with Gasteiger partial charge in [-0.1, -0.05) is 48.0 Å². The highest BCUT2D eigenvalue weighted by Crippen LogP contribution is 2.36. The van der Waals surface area contributed by atoms with E-state index in [-0.39, 0.29) is 23.8 Å². The lowest BCUT2D eigenvalue weighted by Crippen LogP contribution is -2.53. The molecule has 4 aromatic rings. The van der Waals surface area contributed by atoms with E-state index in [2.05, 4.69) is 19.9 Å². The van der Waals surface area contributed by atoms with E-state index >= 15 is 0 Å². The number of aliphatic hydroxyl groups is 1. The molecule has 1 saturated heterocycles. The van der Waals surface area contributed by atoms with Crippen LogP contribution in [0.5, 0.6) is 6.01 Å². The predicted octanol–water partition coefficient (Wildman–Crippen LogP) is 4.83. The molecule has 2 aliphatic rings. The SMILES string of the molecule is O=C(O)c1ccc(-c2ccc(-c3nc4nc(O[C@H]5C[C@@H](C(O)N6CCC6)C5)[nH]c4cc3Cl)cc2)cc1. The zero-order chi connectivity index (χ0) is 24.8. The summed E-state index contributed by atoms with van der Waals surface area (Å²) in [6.45, 7) is 1.95. The third kappa shape index (κ3) is 4.32. The smallest absolute Gasteiger partial charge is 0.335 e. The average Bonchev–Trinajstić information content (AvgIpc) is 3.20. The van der Waals surface area contributed by atoms with Crippen LogP contribution in [0.3, 0.4) is 0 Å². The van der Waals surface area contributed by atoms with Crippen molar-refractivity contribution in [2.75, 3.05) is 13.1 Å². The molecule has 1 saturated carbocycles. The molecule has 1 aliphatic carbocycles. The van der Waals surface area contributed by atoms with Gasteiger partial charge in [-0.05, 0) is 48.6 Å². The summed E-state index contributed by atoms with van der Waals surface area (Å²) < 4.78 is 6.00.